The summed E-state index contributed by atoms with van der Waals surface area (Å²) in [5.41, 5.74) is 10.6. The van der Waals surface area contributed by atoms with Crippen molar-refractivity contribution >= 4 is 29.2 Å². The lowest BCUT2D eigenvalue weighted by Crippen LogP contribution is -2.39. The molecule has 3 aromatic rings. The van der Waals surface area contributed by atoms with Crippen LogP contribution < -0.4 is 16.2 Å². The number of carbonyl (C=O) groups excluding carboxylic acids is 1. The summed E-state index contributed by atoms with van der Waals surface area (Å²) in [7, 11) is 0. The normalized spacial score (nSPS) is 17.3. The number of carbonyl (C=O) groups is 1. The molecule has 0 saturated heterocycles. The maximum absolute atomic E-state index is 12.9. The molecule has 1 amide bonds. The van der Waals surface area contributed by atoms with Crippen molar-refractivity contribution < 1.29 is 4.79 Å². The van der Waals surface area contributed by atoms with E-state index in [1.807, 2.05) is 66.9 Å². The Kier molecular flexibility index (Phi) is 7.40. The highest BCUT2D eigenvalue weighted by atomic mass is 32.2. The maximum Gasteiger partial charge on any atom is 0.265 e. The molecule has 2 aliphatic rings. The minimum atomic E-state index is -0.187. The first-order chi connectivity index (χ1) is 17.7. The van der Waals surface area contributed by atoms with Crippen LogP contribution in [0.15, 0.2) is 118 Å². The molecule has 2 heterocycles. The van der Waals surface area contributed by atoms with E-state index in [2.05, 4.69) is 52.4 Å². The summed E-state index contributed by atoms with van der Waals surface area (Å²) in [6.45, 7) is 3.22. The lowest BCUT2D eigenvalue weighted by molar-refractivity contribution is 0.0935. The molecule has 6 nitrogen and oxygen atoms in total. The highest BCUT2D eigenvalue weighted by molar-refractivity contribution is 7.99. The monoisotopic (exact) mass is 493 g/mol. The van der Waals surface area contributed by atoms with Gasteiger partial charge in [0.25, 0.3) is 5.91 Å². The summed E-state index contributed by atoms with van der Waals surface area (Å²) < 4.78 is 0. The first-order valence-electron chi connectivity index (χ1n) is 11.9. The highest BCUT2D eigenvalue weighted by Crippen LogP contribution is 2.39. The number of hydrazine groups is 1. The molecule has 0 fully saturated rings. The molecule has 0 spiro atoms. The van der Waals surface area contributed by atoms with Crippen molar-refractivity contribution in [3.8, 4) is 0 Å². The van der Waals surface area contributed by atoms with Gasteiger partial charge in [-0.25, -0.2) is 5.43 Å². The van der Waals surface area contributed by atoms with Gasteiger partial charge in [-0.15, -0.1) is 0 Å². The average molecular weight is 494 g/mol. The summed E-state index contributed by atoms with van der Waals surface area (Å²) in [5, 5.41) is 3.49. The predicted octanol–water partition coefficient (Wildman–Crippen LogP) is 5.53. The third-order valence-corrected chi connectivity index (χ3v) is 7.16. The molecule has 7 heteroatoms. The molecule has 0 bridgehead atoms. The molecular weight excluding hydrogens is 466 g/mol. The summed E-state index contributed by atoms with van der Waals surface area (Å²) in [4.78, 5) is 24.1. The molecule has 180 valence electrons. The van der Waals surface area contributed by atoms with Crippen LogP contribution in [0.1, 0.15) is 28.4 Å². The Morgan fingerprint density at radius 2 is 2.00 bits per heavy atom. The number of aliphatic imine (C=N–C) groups is 1. The molecular formula is C29H27N5OS. The number of anilines is 1. The van der Waals surface area contributed by atoms with Gasteiger partial charge in [0.1, 0.15) is 5.84 Å². The third-order valence-electron chi connectivity index (χ3n) is 6.01. The van der Waals surface area contributed by atoms with Gasteiger partial charge in [0, 0.05) is 39.9 Å². The zero-order chi connectivity index (χ0) is 24.7. The van der Waals surface area contributed by atoms with E-state index in [1.54, 1.807) is 18.0 Å². The van der Waals surface area contributed by atoms with Gasteiger partial charge in [-0.2, -0.15) is 0 Å². The molecule has 0 unspecified atom stereocenters. The molecule has 1 aliphatic heterocycles. The van der Waals surface area contributed by atoms with Crippen LogP contribution >= 0.6 is 11.8 Å². The van der Waals surface area contributed by atoms with E-state index in [-0.39, 0.29) is 5.91 Å². The number of hydrogen-bond acceptors (Lipinski definition) is 5. The van der Waals surface area contributed by atoms with Crippen LogP contribution in [0, 0.1) is 5.92 Å². The van der Waals surface area contributed by atoms with Crippen molar-refractivity contribution in [2.45, 2.75) is 23.3 Å². The molecule has 1 atom stereocenters. The van der Waals surface area contributed by atoms with Gasteiger partial charge in [0.05, 0.1) is 12.2 Å². The summed E-state index contributed by atoms with van der Waals surface area (Å²) in [6.07, 6.45) is 13.9. The molecule has 5 rings (SSSR count). The molecule has 2 aromatic carbocycles. The number of rotatable bonds is 6. The summed E-state index contributed by atoms with van der Waals surface area (Å²) >= 11 is 1.66. The Balaban J connectivity index is 1.33. The Morgan fingerprint density at radius 1 is 1.08 bits per heavy atom. The van der Waals surface area contributed by atoms with Crippen LogP contribution in [0.3, 0.4) is 0 Å². The highest BCUT2D eigenvalue weighted by Gasteiger charge is 2.20. The van der Waals surface area contributed by atoms with Crippen LogP contribution in [0.25, 0.3) is 0 Å². The Hall–Kier alpha value is -3.94. The van der Waals surface area contributed by atoms with Crippen molar-refractivity contribution in [1.82, 2.24) is 15.8 Å². The number of nitrogens with one attached hydrogen (secondary N) is 3. The number of benzene rings is 2. The van der Waals surface area contributed by atoms with Gasteiger partial charge in [0.2, 0.25) is 0 Å². The lowest BCUT2D eigenvalue weighted by Gasteiger charge is -2.14. The van der Waals surface area contributed by atoms with Gasteiger partial charge < -0.3 is 5.32 Å². The van der Waals surface area contributed by atoms with E-state index in [4.69, 9.17) is 4.99 Å². The fraction of sp³-hybridized carbons (Fsp3) is 0.138. The van der Waals surface area contributed by atoms with Gasteiger partial charge in [0.15, 0.2) is 0 Å². The van der Waals surface area contributed by atoms with Gasteiger partial charge in [-0.05, 0) is 47.4 Å². The third kappa shape index (κ3) is 5.64. The number of pyridine rings is 1. The number of amides is 1. The van der Waals surface area contributed by atoms with E-state index in [0.29, 0.717) is 24.6 Å². The smallest absolute Gasteiger partial charge is 0.265 e. The SMILES string of the molecule is C[C@H]1C=CC=CC=C1CNNC(=O)c1ccc2c(c1)NC(=NCc1cccnc1)c1ccccc1S2. The summed E-state index contributed by atoms with van der Waals surface area (Å²) in [5.74, 6) is 0.893. The van der Waals surface area contributed by atoms with Crippen molar-refractivity contribution in [2.75, 3.05) is 11.9 Å². The molecule has 1 aromatic heterocycles. The second-order valence-electron chi connectivity index (χ2n) is 8.57. The molecule has 1 aliphatic carbocycles. The number of nitrogens with zero attached hydrogens (tertiary/aromatic N) is 2. The maximum atomic E-state index is 12.9. The standard InChI is InChI=1S/C29H27N5OS/c1-20-8-3-2-4-10-23(20)19-32-34-29(35)22-13-14-27-25(16-22)33-28(24-11-5-6-12-26(24)36-27)31-18-21-9-7-15-30-17-21/h2-17,20,32H,18-19H2,1H3,(H,31,33)(H,34,35)/t20-/m0/s1. The van der Waals surface area contributed by atoms with Crippen molar-refractivity contribution in [3.63, 3.8) is 0 Å². The van der Waals surface area contributed by atoms with Crippen LogP contribution in [0.2, 0.25) is 0 Å². The second-order valence-corrected chi connectivity index (χ2v) is 9.65. The first kappa shape index (κ1) is 23.8. The predicted molar refractivity (Wildman–Crippen MR) is 146 cm³/mol. The number of fused-ring (bicyclic) bond motifs is 2. The van der Waals surface area contributed by atoms with Gasteiger partial charge in [-0.3, -0.25) is 20.2 Å². The van der Waals surface area contributed by atoms with Crippen LogP contribution in [-0.4, -0.2) is 23.3 Å². The topological polar surface area (TPSA) is 78.4 Å². The molecule has 0 saturated carbocycles. The minimum absolute atomic E-state index is 0.187. The van der Waals surface area contributed by atoms with Gasteiger partial charge >= 0.3 is 0 Å². The number of allylic oxidation sites excluding steroid dienone is 5. The van der Waals surface area contributed by atoms with Crippen molar-refractivity contribution in [1.29, 1.82) is 0 Å². The zero-order valence-electron chi connectivity index (χ0n) is 19.9. The fourth-order valence-corrected chi connectivity index (χ4v) is 4.99. The Labute approximate surface area is 215 Å². The Bertz CT molecular complexity index is 1380. The fourth-order valence-electron chi connectivity index (χ4n) is 3.98. The van der Waals surface area contributed by atoms with Crippen LogP contribution in [-0.2, 0) is 6.54 Å². The van der Waals surface area contributed by atoms with Crippen molar-refractivity contribution in [3.05, 3.63) is 120 Å². The van der Waals surface area contributed by atoms with E-state index in [9.17, 15) is 4.79 Å². The quantitative estimate of drug-likeness (QED) is 0.394. The van der Waals surface area contributed by atoms with Crippen LogP contribution in [0.4, 0.5) is 5.69 Å². The van der Waals surface area contributed by atoms with E-state index in [1.165, 1.54) is 5.57 Å². The zero-order valence-corrected chi connectivity index (χ0v) is 20.8. The Morgan fingerprint density at radius 3 is 2.89 bits per heavy atom. The lowest BCUT2D eigenvalue weighted by atomic mass is 10.0. The average Bonchev–Trinajstić information content (AvgIpc) is 3.21. The number of hydrogen-bond donors (Lipinski definition) is 3. The minimum Gasteiger partial charge on any atom is -0.339 e. The first-order valence-corrected chi connectivity index (χ1v) is 12.7. The second kappa shape index (κ2) is 11.2. The number of amidine groups is 1. The molecule has 36 heavy (non-hydrogen) atoms. The van der Waals surface area contributed by atoms with Crippen molar-refractivity contribution in [2.24, 2.45) is 10.9 Å². The van der Waals surface area contributed by atoms with E-state index < -0.39 is 0 Å². The molecule has 3 N–H and O–H groups in total. The van der Waals surface area contributed by atoms with Gasteiger partial charge in [-0.1, -0.05) is 73.3 Å². The van der Waals surface area contributed by atoms with Crippen LogP contribution in [0.5, 0.6) is 0 Å². The van der Waals surface area contributed by atoms with E-state index >= 15 is 0 Å². The molecule has 0 radical (unpaired) electrons. The largest absolute Gasteiger partial charge is 0.339 e. The number of aromatic nitrogens is 1. The van der Waals surface area contributed by atoms with E-state index in [0.717, 1.165) is 32.4 Å². The summed E-state index contributed by atoms with van der Waals surface area (Å²) in [6, 6.07) is 17.8.